The van der Waals surface area contributed by atoms with Gasteiger partial charge in [-0.05, 0) is 18.6 Å². The van der Waals surface area contributed by atoms with E-state index >= 15 is 0 Å². The second kappa shape index (κ2) is 6.15. The van der Waals surface area contributed by atoms with E-state index < -0.39 is 0 Å². The van der Waals surface area contributed by atoms with Gasteiger partial charge in [-0.2, -0.15) is 5.26 Å². The molecule has 0 spiro atoms. The Kier molecular flexibility index (Phi) is 4.07. The van der Waals surface area contributed by atoms with Crippen molar-refractivity contribution in [3.63, 3.8) is 0 Å². The van der Waals surface area contributed by atoms with E-state index in [1.165, 1.54) is 0 Å². The van der Waals surface area contributed by atoms with E-state index in [4.69, 9.17) is 4.74 Å². The summed E-state index contributed by atoms with van der Waals surface area (Å²) in [4.78, 5) is 16.5. The third-order valence-electron chi connectivity index (χ3n) is 4.24. The van der Waals surface area contributed by atoms with Gasteiger partial charge in [0.15, 0.2) is 0 Å². The highest BCUT2D eigenvalue weighted by Gasteiger charge is 2.30. The van der Waals surface area contributed by atoms with Crippen molar-refractivity contribution >= 4 is 11.6 Å². The first-order chi connectivity index (χ1) is 10.3. The number of carbonyl (C=O) groups is 1. The Morgan fingerprint density at radius 1 is 1.24 bits per heavy atom. The largest absolute Gasteiger partial charge is 0.381 e. The number of para-hydroxylation sites is 1. The number of ether oxygens (including phenoxy) is 1. The molecule has 1 aromatic carbocycles. The maximum atomic E-state index is 12.3. The second-order valence-electron chi connectivity index (χ2n) is 5.50. The van der Waals surface area contributed by atoms with Crippen molar-refractivity contribution in [1.29, 1.82) is 5.26 Å². The van der Waals surface area contributed by atoms with Crippen LogP contribution in [-0.4, -0.2) is 50.2 Å². The van der Waals surface area contributed by atoms with Crippen LogP contribution in [0.1, 0.15) is 12.0 Å². The molecule has 2 saturated heterocycles. The Morgan fingerprint density at radius 3 is 2.67 bits per heavy atom. The molecule has 5 heteroatoms. The van der Waals surface area contributed by atoms with Crippen LogP contribution in [-0.2, 0) is 9.53 Å². The number of carbonyl (C=O) groups excluding carboxylic acids is 1. The Labute approximate surface area is 124 Å². The first kappa shape index (κ1) is 13.9. The molecule has 2 aliphatic heterocycles. The summed E-state index contributed by atoms with van der Waals surface area (Å²) in [6.45, 7) is 4.25. The van der Waals surface area contributed by atoms with Gasteiger partial charge in [0.25, 0.3) is 0 Å². The van der Waals surface area contributed by atoms with E-state index in [9.17, 15) is 10.1 Å². The van der Waals surface area contributed by atoms with Crippen LogP contribution in [0.4, 0.5) is 5.69 Å². The summed E-state index contributed by atoms with van der Waals surface area (Å²) >= 11 is 0. The van der Waals surface area contributed by atoms with Gasteiger partial charge in [0.2, 0.25) is 5.91 Å². The molecule has 21 heavy (non-hydrogen) atoms. The molecule has 1 atom stereocenters. The number of nitrogens with zero attached hydrogens (tertiary/aromatic N) is 3. The minimum atomic E-state index is 0.0444. The molecule has 0 radical (unpaired) electrons. The van der Waals surface area contributed by atoms with Gasteiger partial charge in [0.1, 0.15) is 6.07 Å². The molecule has 3 rings (SSSR count). The smallest absolute Gasteiger partial charge is 0.228 e. The van der Waals surface area contributed by atoms with Gasteiger partial charge in [-0.1, -0.05) is 12.1 Å². The maximum absolute atomic E-state index is 12.3. The highest BCUT2D eigenvalue weighted by Crippen LogP contribution is 2.22. The van der Waals surface area contributed by atoms with E-state index in [0.29, 0.717) is 18.8 Å². The average Bonchev–Trinajstić information content (AvgIpc) is 3.09. The summed E-state index contributed by atoms with van der Waals surface area (Å²) in [6, 6.07) is 9.87. The predicted molar refractivity (Wildman–Crippen MR) is 78.9 cm³/mol. The zero-order chi connectivity index (χ0) is 14.7. The lowest BCUT2D eigenvalue weighted by Gasteiger charge is -2.37. The molecule has 1 amide bonds. The van der Waals surface area contributed by atoms with Gasteiger partial charge in [0, 0.05) is 32.8 Å². The van der Waals surface area contributed by atoms with Crippen molar-refractivity contribution in [1.82, 2.24) is 4.90 Å². The molecule has 0 unspecified atom stereocenters. The van der Waals surface area contributed by atoms with Crippen LogP contribution in [0.3, 0.4) is 0 Å². The zero-order valence-corrected chi connectivity index (χ0v) is 12.0. The molecule has 0 aliphatic carbocycles. The quantitative estimate of drug-likeness (QED) is 0.820. The summed E-state index contributed by atoms with van der Waals surface area (Å²) in [5.74, 6) is 0.267. The van der Waals surface area contributed by atoms with Crippen LogP contribution in [0, 0.1) is 17.2 Å². The molecular formula is C16H19N3O2. The Hall–Kier alpha value is -2.06. The topological polar surface area (TPSA) is 56.6 Å². The summed E-state index contributed by atoms with van der Waals surface area (Å²) in [5, 5.41) is 9.18. The van der Waals surface area contributed by atoms with E-state index in [1.54, 1.807) is 0 Å². The number of benzene rings is 1. The summed E-state index contributed by atoms with van der Waals surface area (Å²) in [6.07, 6.45) is 0.844. The van der Waals surface area contributed by atoms with E-state index in [-0.39, 0.29) is 11.8 Å². The summed E-state index contributed by atoms with van der Waals surface area (Å²) < 4.78 is 5.30. The van der Waals surface area contributed by atoms with Crippen LogP contribution in [0.15, 0.2) is 24.3 Å². The monoisotopic (exact) mass is 285 g/mol. The number of nitriles is 1. The fourth-order valence-electron chi connectivity index (χ4n) is 3.00. The van der Waals surface area contributed by atoms with Gasteiger partial charge in [-0.25, -0.2) is 0 Å². The molecule has 0 bridgehead atoms. The minimum Gasteiger partial charge on any atom is -0.381 e. The van der Waals surface area contributed by atoms with Crippen LogP contribution in [0.2, 0.25) is 0 Å². The van der Waals surface area contributed by atoms with Gasteiger partial charge in [-0.15, -0.1) is 0 Å². The van der Waals surface area contributed by atoms with Gasteiger partial charge in [-0.3, -0.25) is 4.79 Å². The van der Waals surface area contributed by atoms with Crippen LogP contribution in [0.25, 0.3) is 0 Å². The molecule has 2 heterocycles. The molecule has 2 aliphatic rings. The number of hydrogen-bond acceptors (Lipinski definition) is 4. The maximum Gasteiger partial charge on any atom is 0.228 e. The molecule has 1 aromatic rings. The number of hydrogen-bond donors (Lipinski definition) is 0. The molecule has 110 valence electrons. The average molecular weight is 285 g/mol. The van der Waals surface area contributed by atoms with E-state index in [0.717, 1.165) is 38.3 Å². The zero-order valence-electron chi connectivity index (χ0n) is 12.0. The van der Waals surface area contributed by atoms with E-state index in [2.05, 4.69) is 11.0 Å². The molecule has 0 N–H and O–H groups in total. The third-order valence-corrected chi connectivity index (χ3v) is 4.24. The first-order valence-electron chi connectivity index (χ1n) is 7.40. The Bertz CT molecular complexity index is 553. The normalized spacial score (nSPS) is 22.1. The summed E-state index contributed by atoms with van der Waals surface area (Å²) in [7, 11) is 0. The fourth-order valence-corrected chi connectivity index (χ4v) is 3.00. The summed E-state index contributed by atoms with van der Waals surface area (Å²) in [5.41, 5.74) is 1.66. The standard InChI is InChI=1S/C16H19N3O2/c17-11-13-3-1-2-4-15(13)18-6-8-19(9-7-18)16(20)14-5-10-21-12-14/h1-4,14H,5-10,12H2/t14-/m1/s1. The van der Waals surface area contributed by atoms with Gasteiger partial charge in [0.05, 0.1) is 23.8 Å². The lowest BCUT2D eigenvalue weighted by Crippen LogP contribution is -2.50. The van der Waals surface area contributed by atoms with Crippen molar-refractivity contribution in [2.75, 3.05) is 44.3 Å². The van der Waals surface area contributed by atoms with Gasteiger partial charge < -0.3 is 14.5 Å². The van der Waals surface area contributed by atoms with Crippen molar-refractivity contribution in [2.24, 2.45) is 5.92 Å². The minimum absolute atomic E-state index is 0.0444. The van der Waals surface area contributed by atoms with Crippen molar-refractivity contribution in [3.8, 4) is 6.07 Å². The molecule has 5 nitrogen and oxygen atoms in total. The van der Waals surface area contributed by atoms with Crippen molar-refractivity contribution in [3.05, 3.63) is 29.8 Å². The highest BCUT2D eigenvalue weighted by molar-refractivity contribution is 5.79. The van der Waals surface area contributed by atoms with Crippen LogP contribution < -0.4 is 4.90 Å². The molecule has 0 aromatic heterocycles. The number of piperazine rings is 1. The third kappa shape index (κ3) is 2.86. The lowest BCUT2D eigenvalue weighted by molar-refractivity contribution is -0.135. The first-order valence-corrected chi connectivity index (χ1v) is 7.40. The lowest BCUT2D eigenvalue weighted by atomic mass is 10.1. The molecular weight excluding hydrogens is 266 g/mol. The SMILES string of the molecule is N#Cc1ccccc1N1CCN(C(=O)[C@@H]2CCOC2)CC1. The number of amides is 1. The molecule has 2 fully saturated rings. The van der Waals surface area contributed by atoms with Crippen molar-refractivity contribution in [2.45, 2.75) is 6.42 Å². The number of anilines is 1. The number of rotatable bonds is 2. The van der Waals surface area contributed by atoms with Crippen LogP contribution >= 0.6 is 0 Å². The Balaban J connectivity index is 1.62. The second-order valence-corrected chi connectivity index (χ2v) is 5.50. The fraction of sp³-hybridized carbons (Fsp3) is 0.500. The Morgan fingerprint density at radius 2 is 2.00 bits per heavy atom. The van der Waals surface area contributed by atoms with E-state index in [1.807, 2.05) is 29.2 Å². The predicted octanol–water partition coefficient (Wildman–Crippen LogP) is 1.24. The highest BCUT2D eigenvalue weighted by atomic mass is 16.5. The van der Waals surface area contributed by atoms with Gasteiger partial charge >= 0.3 is 0 Å². The van der Waals surface area contributed by atoms with Crippen LogP contribution in [0.5, 0.6) is 0 Å². The van der Waals surface area contributed by atoms with Crippen molar-refractivity contribution < 1.29 is 9.53 Å². The molecule has 0 saturated carbocycles.